The first-order chi connectivity index (χ1) is 8.65. The first-order valence-corrected chi connectivity index (χ1v) is 8.13. The normalized spacial score (nSPS) is 16.8. The van der Waals surface area contributed by atoms with E-state index in [1.165, 1.54) is 17.6 Å². The van der Waals surface area contributed by atoms with E-state index >= 15 is 0 Å². The van der Waals surface area contributed by atoms with Crippen LogP contribution >= 0.6 is 27.7 Å². The van der Waals surface area contributed by atoms with E-state index in [-0.39, 0.29) is 11.6 Å². The molecule has 0 aliphatic carbocycles. The van der Waals surface area contributed by atoms with Crippen LogP contribution in [0.3, 0.4) is 0 Å². The van der Waals surface area contributed by atoms with Crippen LogP contribution in [0.2, 0.25) is 0 Å². The molecule has 1 nitrogen and oxygen atoms in total. The summed E-state index contributed by atoms with van der Waals surface area (Å²) in [6, 6.07) is 4.79. The molecule has 2 rings (SSSR count). The van der Waals surface area contributed by atoms with Crippen LogP contribution in [0.4, 0.5) is 4.39 Å². The molecule has 4 heteroatoms. The summed E-state index contributed by atoms with van der Waals surface area (Å²) in [4.78, 5) is 12.0. The summed E-state index contributed by atoms with van der Waals surface area (Å²) in [5.41, 5.74) is 0.887. The number of rotatable bonds is 4. The van der Waals surface area contributed by atoms with Crippen LogP contribution in [0.15, 0.2) is 22.7 Å². The van der Waals surface area contributed by atoms with Gasteiger partial charge in [-0.25, -0.2) is 4.39 Å². The average molecular weight is 331 g/mol. The highest BCUT2D eigenvalue weighted by molar-refractivity contribution is 9.10. The Morgan fingerprint density at radius 3 is 2.78 bits per heavy atom. The van der Waals surface area contributed by atoms with E-state index in [0.29, 0.717) is 23.2 Å². The molecular formula is C14H16BrFOS. The number of carbonyl (C=O) groups excluding carboxylic acids is 1. The standard InChI is InChI=1S/C14H16BrFOS/c15-13-9-11(1-2-14(13)16)8-12(17)7-10-3-5-18-6-4-10/h1-2,9-10H,3-8H2. The van der Waals surface area contributed by atoms with Gasteiger partial charge in [0.15, 0.2) is 0 Å². The molecule has 1 aromatic rings. The minimum Gasteiger partial charge on any atom is -0.299 e. The minimum absolute atomic E-state index is 0.269. The monoisotopic (exact) mass is 330 g/mol. The molecule has 0 bridgehead atoms. The van der Waals surface area contributed by atoms with Gasteiger partial charge in [-0.1, -0.05) is 6.07 Å². The summed E-state index contributed by atoms with van der Waals surface area (Å²) < 4.78 is 13.5. The number of benzene rings is 1. The lowest BCUT2D eigenvalue weighted by Gasteiger charge is -2.20. The molecule has 98 valence electrons. The van der Waals surface area contributed by atoms with Crippen molar-refractivity contribution in [2.45, 2.75) is 25.7 Å². The Hall–Kier alpha value is -0.350. The van der Waals surface area contributed by atoms with Crippen LogP contribution in [0.1, 0.15) is 24.8 Å². The molecule has 0 atom stereocenters. The SMILES string of the molecule is O=C(Cc1ccc(F)c(Br)c1)CC1CCSCC1. The van der Waals surface area contributed by atoms with Crippen LogP contribution in [0, 0.1) is 11.7 Å². The summed E-state index contributed by atoms with van der Waals surface area (Å²) in [6.07, 6.45) is 3.41. The predicted molar refractivity (Wildman–Crippen MR) is 77.5 cm³/mol. The fourth-order valence-corrected chi connectivity index (χ4v) is 3.85. The number of carbonyl (C=O) groups is 1. The van der Waals surface area contributed by atoms with Crippen molar-refractivity contribution < 1.29 is 9.18 Å². The van der Waals surface area contributed by atoms with Crippen LogP contribution in [0.5, 0.6) is 0 Å². The first kappa shape index (κ1) is 14.1. The lowest BCUT2D eigenvalue weighted by atomic mass is 9.94. The smallest absolute Gasteiger partial charge is 0.137 e. The van der Waals surface area contributed by atoms with Crippen molar-refractivity contribution in [1.82, 2.24) is 0 Å². The Kier molecular flexibility index (Phi) is 5.25. The molecule has 0 spiro atoms. The number of halogens is 2. The summed E-state index contributed by atoms with van der Waals surface area (Å²) in [5, 5.41) is 0. The van der Waals surface area contributed by atoms with Gasteiger partial charge in [0.05, 0.1) is 4.47 Å². The van der Waals surface area contributed by atoms with Crippen molar-refractivity contribution in [3.63, 3.8) is 0 Å². The average Bonchev–Trinajstić information content (AvgIpc) is 2.35. The molecule has 0 saturated carbocycles. The van der Waals surface area contributed by atoms with Gasteiger partial charge in [0, 0.05) is 12.8 Å². The van der Waals surface area contributed by atoms with E-state index in [1.807, 2.05) is 11.8 Å². The molecule has 18 heavy (non-hydrogen) atoms. The Labute approximate surface area is 120 Å². The minimum atomic E-state index is -0.282. The second-order valence-corrected chi connectivity index (χ2v) is 6.80. The second-order valence-electron chi connectivity index (χ2n) is 4.72. The van der Waals surface area contributed by atoms with Gasteiger partial charge < -0.3 is 0 Å². The van der Waals surface area contributed by atoms with E-state index in [9.17, 15) is 9.18 Å². The maximum atomic E-state index is 13.1. The second kappa shape index (κ2) is 6.71. The van der Waals surface area contributed by atoms with Crippen LogP contribution in [-0.4, -0.2) is 17.3 Å². The molecular weight excluding hydrogens is 315 g/mol. The van der Waals surface area contributed by atoms with E-state index in [0.717, 1.165) is 18.4 Å². The van der Waals surface area contributed by atoms with Crippen LogP contribution in [-0.2, 0) is 11.2 Å². The maximum Gasteiger partial charge on any atom is 0.137 e. The molecule has 0 radical (unpaired) electrons. The first-order valence-electron chi connectivity index (χ1n) is 6.18. The number of Topliss-reactive ketones (excluding diaryl/α,β-unsaturated/α-hetero) is 1. The highest BCUT2D eigenvalue weighted by atomic mass is 79.9. The zero-order chi connectivity index (χ0) is 13.0. The van der Waals surface area contributed by atoms with E-state index in [4.69, 9.17) is 0 Å². The quantitative estimate of drug-likeness (QED) is 0.821. The van der Waals surface area contributed by atoms with Crippen molar-refractivity contribution in [2.24, 2.45) is 5.92 Å². The van der Waals surface area contributed by atoms with Gasteiger partial charge in [0.2, 0.25) is 0 Å². The number of thioether (sulfide) groups is 1. The summed E-state index contributed by atoms with van der Waals surface area (Å²) in [5.74, 6) is 2.91. The summed E-state index contributed by atoms with van der Waals surface area (Å²) in [7, 11) is 0. The molecule has 0 N–H and O–H groups in total. The van der Waals surface area contributed by atoms with Gasteiger partial charge in [0.25, 0.3) is 0 Å². The van der Waals surface area contributed by atoms with E-state index < -0.39 is 0 Å². The van der Waals surface area contributed by atoms with Gasteiger partial charge >= 0.3 is 0 Å². The third kappa shape index (κ3) is 4.09. The fraction of sp³-hybridized carbons (Fsp3) is 0.500. The van der Waals surface area contributed by atoms with Crippen molar-refractivity contribution >= 4 is 33.5 Å². The van der Waals surface area contributed by atoms with E-state index in [1.54, 1.807) is 12.1 Å². The van der Waals surface area contributed by atoms with Gasteiger partial charge in [-0.2, -0.15) is 11.8 Å². The van der Waals surface area contributed by atoms with Crippen LogP contribution in [0.25, 0.3) is 0 Å². The lowest BCUT2D eigenvalue weighted by Crippen LogP contribution is -2.15. The number of hydrogen-bond donors (Lipinski definition) is 0. The molecule has 1 heterocycles. The van der Waals surface area contributed by atoms with Crippen molar-refractivity contribution in [3.05, 3.63) is 34.1 Å². The third-order valence-electron chi connectivity index (χ3n) is 3.24. The van der Waals surface area contributed by atoms with Crippen LogP contribution < -0.4 is 0 Å². The van der Waals surface area contributed by atoms with Crippen molar-refractivity contribution in [1.29, 1.82) is 0 Å². The van der Waals surface area contributed by atoms with Gasteiger partial charge in [-0.05, 0) is 63.9 Å². The van der Waals surface area contributed by atoms with Gasteiger partial charge in [-0.3, -0.25) is 4.79 Å². The van der Waals surface area contributed by atoms with Gasteiger partial charge in [0.1, 0.15) is 11.6 Å². The largest absolute Gasteiger partial charge is 0.299 e. The lowest BCUT2D eigenvalue weighted by molar-refractivity contribution is -0.119. The molecule has 1 aromatic carbocycles. The van der Waals surface area contributed by atoms with Crippen molar-refractivity contribution in [3.8, 4) is 0 Å². The summed E-state index contributed by atoms with van der Waals surface area (Å²) in [6.45, 7) is 0. The molecule has 0 amide bonds. The third-order valence-corrected chi connectivity index (χ3v) is 4.90. The molecule has 1 aliphatic rings. The molecule has 1 fully saturated rings. The molecule has 1 saturated heterocycles. The fourth-order valence-electron chi connectivity index (χ4n) is 2.22. The summed E-state index contributed by atoms with van der Waals surface area (Å²) >= 11 is 5.12. The number of ketones is 1. The number of hydrogen-bond acceptors (Lipinski definition) is 2. The molecule has 0 aromatic heterocycles. The Morgan fingerprint density at radius 2 is 2.11 bits per heavy atom. The Balaban J connectivity index is 1.88. The highest BCUT2D eigenvalue weighted by Gasteiger charge is 2.17. The zero-order valence-corrected chi connectivity index (χ0v) is 12.5. The van der Waals surface area contributed by atoms with E-state index in [2.05, 4.69) is 15.9 Å². The molecule has 1 aliphatic heterocycles. The van der Waals surface area contributed by atoms with Crippen molar-refractivity contribution in [2.75, 3.05) is 11.5 Å². The maximum absolute atomic E-state index is 13.1. The Morgan fingerprint density at radius 1 is 1.39 bits per heavy atom. The topological polar surface area (TPSA) is 17.1 Å². The predicted octanol–water partition coefficient (Wildman–Crippen LogP) is 4.23. The Bertz CT molecular complexity index is 430. The zero-order valence-electron chi connectivity index (χ0n) is 10.1. The molecule has 0 unspecified atom stereocenters. The van der Waals surface area contributed by atoms with Gasteiger partial charge in [-0.15, -0.1) is 0 Å². The highest BCUT2D eigenvalue weighted by Crippen LogP contribution is 2.26.